The minimum atomic E-state index is -0.722. The third-order valence-corrected chi connectivity index (χ3v) is 4.14. The van der Waals surface area contributed by atoms with Crippen LogP contribution in [0.2, 0.25) is 0 Å². The summed E-state index contributed by atoms with van der Waals surface area (Å²) in [7, 11) is 0. The van der Waals surface area contributed by atoms with Gasteiger partial charge < -0.3 is 14.5 Å². The number of nitrogens with zero attached hydrogens (tertiary/aromatic N) is 2. The molecule has 10 nitrogen and oxygen atoms in total. The van der Waals surface area contributed by atoms with Crippen molar-refractivity contribution in [2.24, 2.45) is 0 Å². The fourth-order valence-electron chi connectivity index (χ4n) is 2.64. The summed E-state index contributed by atoms with van der Waals surface area (Å²) in [5.41, 5.74) is 0.0216. The van der Waals surface area contributed by atoms with Gasteiger partial charge in [0.25, 0.3) is 11.4 Å². The lowest BCUT2D eigenvalue weighted by atomic mass is 10.1. The molecular weight excluding hydrogens is 394 g/mol. The van der Waals surface area contributed by atoms with E-state index >= 15 is 0 Å². The number of nitro groups is 2. The van der Waals surface area contributed by atoms with Crippen LogP contribution in [0.5, 0.6) is 11.5 Å². The number of carbonyl (C=O) groups excluding carboxylic acids is 1. The third kappa shape index (κ3) is 5.64. The summed E-state index contributed by atoms with van der Waals surface area (Å²) in [4.78, 5) is 32.4. The van der Waals surface area contributed by atoms with Crippen molar-refractivity contribution in [1.82, 2.24) is 5.32 Å². The number of nitro benzene ring substituents is 2. The van der Waals surface area contributed by atoms with E-state index in [0.29, 0.717) is 24.5 Å². The SMILES string of the molecule is O=C(CCc1ccc(Oc2cc([N+](=O)[O-])cc([N+](=O)[O-])c2)cc1)NCc1ccco1. The van der Waals surface area contributed by atoms with E-state index in [1.54, 1.807) is 36.4 Å². The van der Waals surface area contributed by atoms with E-state index in [0.717, 1.165) is 23.8 Å². The molecule has 1 N–H and O–H groups in total. The van der Waals surface area contributed by atoms with Gasteiger partial charge >= 0.3 is 0 Å². The van der Waals surface area contributed by atoms with E-state index in [-0.39, 0.29) is 18.1 Å². The molecule has 3 rings (SSSR count). The van der Waals surface area contributed by atoms with E-state index in [1.165, 1.54) is 6.26 Å². The Morgan fingerprint density at radius 2 is 1.63 bits per heavy atom. The quantitative estimate of drug-likeness (QED) is 0.412. The van der Waals surface area contributed by atoms with E-state index in [1.807, 2.05) is 0 Å². The van der Waals surface area contributed by atoms with Crippen molar-refractivity contribution < 1.29 is 23.8 Å². The first-order valence-electron chi connectivity index (χ1n) is 8.90. The molecule has 0 saturated carbocycles. The fraction of sp³-hybridized carbons (Fsp3) is 0.150. The number of rotatable bonds is 9. The molecule has 30 heavy (non-hydrogen) atoms. The lowest BCUT2D eigenvalue weighted by molar-refractivity contribution is -0.394. The van der Waals surface area contributed by atoms with Gasteiger partial charge in [-0.05, 0) is 36.2 Å². The van der Waals surface area contributed by atoms with Crippen molar-refractivity contribution in [3.8, 4) is 11.5 Å². The molecule has 3 aromatic rings. The fourth-order valence-corrected chi connectivity index (χ4v) is 2.64. The molecule has 1 heterocycles. The summed E-state index contributed by atoms with van der Waals surface area (Å²) in [5.74, 6) is 0.902. The maximum absolute atomic E-state index is 11.9. The van der Waals surface area contributed by atoms with Gasteiger partial charge in [0.15, 0.2) is 0 Å². The van der Waals surface area contributed by atoms with Crippen LogP contribution >= 0.6 is 0 Å². The molecule has 2 aromatic carbocycles. The number of ether oxygens (including phenoxy) is 1. The van der Waals surface area contributed by atoms with E-state index in [2.05, 4.69) is 5.32 Å². The third-order valence-electron chi connectivity index (χ3n) is 4.14. The molecule has 10 heteroatoms. The second-order valence-electron chi connectivity index (χ2n) is 6.30. The van der Waals surface area contributed by atoms with Crippen molar-refractivity contribution in [3.63, 3.8) is 0 Å². The molecule has 0 saturated heterocycles. The average Bonchev–Trinajstić information content (AvgIpc) is 3.25. The van der Waals surface area contributed by atoms with Crippen LogP contribution < -0.4 is 10.1 Å². The number of furan rings is 1. The number of benzene rings is 2. The minimum absolute atomic E-state index is 0.0130. The van der Waals surface area contributed by atoms with Crippen molar-refractivity contribution in [2.75, 3.05) is 0 Å². The van der Waals surface area contributed by atoms with E-state index < -0.39 is 21.2 Å². The summed E-state index contributed by atoms with van der Waals surface area (Å²) in [6, 6.07) is 13.4. The second-order valence-corrected chi connectivity index (χ2v) is 6.30. The first-order chi connectivity index (χ1) is 14.4. The maximum Gasteiger partial charge on any atom is 0.280 e. The molecule has 1 amide bonds. The lowest BCUT2D eigenvalue weighted by Gasteiger charge is -2.07. The van der Waals surface area contributed by atoms with Crippen molar-refractivity contribution >= 4 is 17.3 Å². The molecule has 154 valence electrons. The first-order valence-corrected chi connectivity index (χ1v) is 8.90. The summed E-state index contributed by atoms with van der Waals surface area (Å²) in [6.45, 7) is 0.327. The highest BCUT2D eigenvalue weighted by atomic mass is 16.6. The highest BCUT2D eigenvalue weighted by molar-refractivity contribution is 5.76. The number of amides is 1. The van der Waals surface area contributed by atoms with Crippen molar-refractivity contribution in [1.29, 1.82) is 0 Å². The van der Waals surface area contributed by atoms with Crippen LogP contribution in [-0.4, -0.2) is 15.8 Å². The van der Waals surface area contributed by atoms with Gasteiger partial charge in [0.2, 0.25) is 5.91 Å². The van der Waals surface area contributed by atoms with Crippen LogP contribution in [0, 0.1) is 20.2 Å². The van der Waals surface area contributed by atoms with Gasteiger partial charge in [-0.25, -0.2) is 0 Å². The summed E-state index contributed by atoms with van der Waals surface area (Å²) in [6.07, 6.45) is 2.33. The minimum Gasteiger partial charge on any atom is -0.467 e. The molecule has 0 aliphatic heterocycles. The predicted octanol–water partition coefficient (Wildman–Crippen LogP) is 4.14. The molecule has 0 fully saturated rings. The smallest absolute Gasteiger partial charge is 0.280 e. The number of carbonyl (C=O) groups is 1. The van der Waals surface area contributed by atoms with Gasteiger partial charge in [0.1, 0.15) is 17.3 Å². The Balaban J connectivity index is 1.57. The van der Waals surface area contributed by atoms with Crippen LogP contribution in [0.25, 0.3) is 0 Å². The highest BCUT2D eigenvalue weighted by Gasteiger charge is 2.17. The Morgan fingerprint density at radius 3 is 2.20 bits per heavy atom. The van der Waals surface area contributed by atoms with Gasteiger partial charge in [0.05, 0.1) is 40.9 Å². The Bertz CT molecular complexity index is 1010. The van der Waals surface area contributed by atoms with Crippen LogP contribution in [-0.2, 0) is 17.8 Å². The Labute approximate surface area is 170 Å². The predicted molar refractivity (Wildman–Crippen MR) is 105 cm³/mol. The molecule has 0 atom stereocenters. The van der Waals surface area contributed by atoms with Gasteiger partial charge in [-0.1, -0.05) is 12.1 Å². The molecule has 0 bridgehead atoms. The summed E-state index contributed by atoms with van der Waals surface area (Å²) in [5, 5.41) is 24.7. The van der Waals surface area contributed by atoms with E-state index in [9.17, 15) is 25.0 Å². The molecular formula is C20H17N3O7. The molecule has 1 aromatic heterocycles. The zero-order valence-corrected chi connectivity index (χ0v) is 15.6. The summed E-state index contributed by atoms with van der Waals surface area (Å²) >= 11 is 0. The Hall–Kier alpha value is -4.21. The van der Waals surface area contributed by atoms with Crippen molar-refractivity contribution in [3.05, 3.63) is 92.4 Å². The Morgan fingerprint density at radius 1 is 0.967 bits per heavy atom. The van der Waals surface area contributed by atoms with Gasteiger partial charge in [-0.2, -0.15) is 0 Å². The van der Waals surface area contributed by atoms with Crippen LogP contribution in [0.3, 0.4) is 0 Å². The molecule has 0 spiro atoms. The standard InChI is InChI=1S/C20H17N3O7/c24-20(21-13-18-2-1-9-29-18)8-5-14-3-6-17(7-4-14)30-19-11-15(22(25)26)10-16(12-19)23(27)28/h1-4,6-7,9-12H,5,8,13H2,(H,21,24). The zero-order chi connectivity index (χ0) is 21.5. The molecule has 0 aliphatic rings. The maximum atomic E-state index is 11.9. The number of non-ortho nitro benzene ring substituents is 2. The second kappa shape index (κ2) is 9.32. The highest BCUT2D eigenvalue weighted by Crippen LogP contribution is 2.30. The molecule has 0 radical (unpaired) electrons. The van der Waals surface area contributed by atoms with Crippen LogP contribution in [0.15, 0.2) is 65.3 Å². The number of aryl methyl sites for hydroxylation is 1. The first kappa shape index (κ1) is 20.5. The van der Waals surface area contributed by atoms with Crippen molar-refractivity contribution in [2.45, 2.75) is 19.4 Å². The van der Waals surface area contributed by atoms with Crippen LogP contribution in [0.1, 0.15) is 17.7 Å². The van der Waals surface area contributed by atoms with E-state index in [4.69, 9.17) is 9.15 Å². The largest absolute Gasteiger partial charge is 0.467 e. The van der Waals surface area contributed by atoms with Gasteiger partial charge in [-0.3, -0.25) is 25.0 Å². The normalized spacial score (nSPS) is 10.4. The van der Waals surface area contributed by atoms with Crippen LogP contribution in [0.4, 0.5) is 11.4 Å². The van der Waals surface area contributed by atoms with Gasteiger partial charge in [-0.15, -0.1) is 0 Å². The lowest BCUT2D eigenvalue weighted by Crippen LogP contribution is -2.22. The molecule has 0 unspecified atom stereocenters. The monoisotopic (exact) mass is 411 g/mol. The van der Waals surface area contributed by atoms with Gasteiger partial charge in [0, 0.05) is 6.42 Å². The number of hydrogen-bond acceptors (Lipinski definition) is 7. The number of hydrogen-bond donors (Lipinski definition) is 1. The molecule has 0 aliphatic carbocycles. The average molecular weight is 411 g/mol. The summed E-state index contributed by atoms with van der Waals surface area (Å²) < 4.78 is 10.7. The topological polar surface area (TPSA) is 138 Å². The zero-order valence-electron chi connectivity index (χ0n) is 15.6. The number of nitrogens with one attached hydrogen (secondary N) is 1. The Kier molecular flexibility index (Phi) is 6.38.